The molecule has 0 aliphatic carbocycles. The molecule has 0 fully saturated rings. The fourth-order valence-electron chi connectivity index (χ4n) is 3.34. The lowest BCUT2D eigenvalue weighted by Gasteiger charge is -2.07. The van der Waals surface area contributed by atoms with Crippen LogP contribution in [0.15, 0.2) is 35.7 Å². The van der Waals surface area contributed by atoms with Gasteiger partial charge in [0.25, 0.3) is 0 Å². The van der Waals surface area contributed by atoms with Crippen molar-refractivity contribution in [3.63, 3.8) is 0 Å². The molecule has 1 aromatic rings. The van der Waals surface area contributed by atoms with Crippen molar-refractivity contribution in [3.05, 3.63) is 36.4 Å². The van der Waals surface area contributed by atoms with Crippen molar-refractivity contribution in [3.8, 4) is 0 Å². The zero-order chi connectivity index (χ0) is 25.1. The van der Waals surface area contributed by atoms with Crippen LogP contribution in [0.5, 0.6) is 0 Å². The zero-order valence-electron chi connectivity index (χ0n) is 19.7. The second-order valence-electron chi connectivity index (χ2n) is 8.12. The number of hydrogen-bond acceptors (Lipinski definition) is 5. The van der Waals surface area contributed by atoms with E-state index in [1.807, 2.05) is 0 Å². The van der Waals surface area contributed by atoms with Crippen LogP contribution in [0, 0.1) is 0 Å². The van der Waals surface area contributed by atoms with Crippen LogP contribution in [0.1, 0.15) is 89.5 Å². The molecule has 33 heavy (non-hydrogen) atoms. The fourth-order valence-corrected chi connectivity index (χ4v) is 4.62. The maximum Gasteiger partial charge on any atom is 0.319 e. The summed E-state index contributed by atoms with van der Waals surface area (Å²) in [6, 6.07) is 6.15. The van der Waals surface area contributed by atoms with Gasteiger partial charge in [0.05, 0.1) is 17.4 Å². The predicted molar refractivity (Wildman–Crippen MR) is 131 cm³/mol. The summed E-state index contributed by atoms with van der Waals surface area (Å²) in [6.07, 6.45) is 13.9. The molecule has 1 rings (SSSR count). The lowest BCUT2D eigenvalue weighted by molar-refractivity contribution is -0.139. The molecule has 0 radical (unpaired) electrons. The lowest BCUT2D eigenvalue weighted by atomic mass is 10.0. The number of carboxylic acid groups (broad SMARTS) is 2. The molecule has 1 atom stereocenters. The molecule has 8 heteroatoms. The van der Waals surface area contributed by atoms with Crippen LogP contribution in [0.3, 0.4) is 0 Å². The topological polar surface area (TPSA) is 129 Å². The van der Waals surface area contributed by atoms with Crippen molar-refractivity contribution in [2.75, 3.05) is 5.75 Å². The van der Waals surface area contributed by atoms with Gasteiger partial charge in [0.15, 0.2) is 15.6 Å². The Kier molecular flexibility index (Phi) is 17.0. The maximum absolute atomic E-state index is 11.6. The molecular weight excluding hydrogens is 444 g/mol. The third-order valence-electron chi connectivity index (χ3n) is 5.09. The molecule has 0 heterocycles. The first-order valence-electron chi connectivity index (χ1n) is 11.7. The normalized spacial score (nSPS) is 11.8. The quantitative estimate of drug-likeness (QED) is 0.255. The highest BCUT2D eigenvalue weighted by molar-refractivity contribution is 7.92. The summed E-state index contributed by atoms with van der Waals surface area (Å²) in [5.74, 6) is -3.18. The summed E-state index contributed by atoms with van der Waals surface area (Å²) in [5.41, 5.74) is 0.416. The van der Waals surface area contributed by atoms with Crippen LogP contribution in [0.4, 0.5) is 0 Å². The number of sulfone groups is 1. The average Bonchev–Trinajstić information content (AvgIpc) is 2.74. The zero-order valence-corrected chi connectivity index (χ0v) is 20.6. The van der Waals surface area contributed by atoms with Crippen molar-refractivity contribution in [2.24, 2.45) is 0 Å². The number of hydrogen-bond donors (Lipinski definition) is 3. The summed E-state index contributed by atoms with van der Waals surface area (Å²) in [6.45, 7) is 5.71. The van der Waals surface area contributed by atoms with E-state index in [4.69, 9.17) is 10.2 Å². The van der Waals surface area contributed by atoms with Gasteiger partial charge in [-0.05, 0) is 18.1 Å². The smallest absolute Gasteiger partial charge is 0.319 e. The Bertz CT molecular complexity index is 803. The predicted octanol–water partition coefficient (Wildman–Crippen LogP) is 5.32. The van der Waals surface area contributed by atoms with Crippen LogP contribution in [0.25, 0.3) is 6.08 Å². The Labute approximate surface area is 198 Å². The van der Waals surface area contributed by atoms with E-state index in [9.17, 15) is 23.1 Å². The number of unbranched alkanes of at least 4 members (excludes halogenated alkanes) is 9. The van der Waals surface area contributed by atoms with Gasteiger partial charge in [0.1, 0.15) is 0 Å². The number of carbonyl (C=O) groups is 2. The molecular formula is C25H40O7S. The van der Waals surface area contributed by atoms with Crippen molar-refractivity contribution in [1.29, 1.82) is 0 Å². The van der Waals surface area contributed by atoms with Crippen LogP contribution in [-0.4, -0.2) is 47.5 Å². The minimum atomic E-state index is -3.77. The van der Waals surface area contributed by atoms with E-state index < -0.39 is 33.6 Å². The van der Waals surface area contributed by atoms with Crippen LogP contribution >= 0.6 is 0 Å². The van der Waals surface area contributed by atoms with Crippen molar-refractivity contribution >= 4 is 27.9 Å². The third kappa shape index (κ3) is 16.1. The molecule has 1 unspecified atom stereocenters. The molecule has 0 aliphatic rings. The van der Waals surface area contributed by atoms with E-state index in [2.05, 4.69) is 13.5 Å². The molecule has 188 valence electrons. The number of carboxylic acids is 2. The number of aliphatic hydroxyl groups is 1. The molecule has 0 aliphatic heterocycles. The Morgan fingerprint density at radius 3 is 1.91 bits per heavy atom. The van der Waals surface area contributed by atoms with Gasteiger partial charge in [-0.1, -0.05) is 102 Å². The molecule has 0 bridgehead atoms. The van der Waals surface area contributed by atoms with Crippen LogP contribution in [0.2, 0.25) is 0 Å². The molecule has 1 aromatic carbocycles. The summed E-state index contributed by atoms with van der Waals surface area (Å²) in [7, 11) is -3.77. The van der Waals surface area contributed by atoms with Gasteiger partial charge >= 0.3 is 11.9 Å². The van der Waals surface area contributed by atoms with E-state index in [1.165, 1.54) is 63.5 Å². The summed E-state index contributed by atoms with van der Waals surface area (Å²) in [4.78, 5) is 20.7. The Morgan fingerprint density at radius 2 is 1.42 bits per heavy atom. The molecule has 0 amide bonds. The van der Waals surface area contributed by atoms with E-state index >= 15 is 0 Å². The van der Waals surface area contributed by atoms with E-state index in [1.54, 1.807) is 18.2 Å². The molecule has 0 saturated heterocycles. The Hall–Kier alpha value is -2.19. The monoisotopic (exact) mass is 484 g/mol. The second kappa shape index (κ2) is 18.3. The Balaban J connectivity index is 0.000000629. The number of benzene rings is 1. The van der Waals surface area contributed by atoms with Gasteiger partial charge < -0.3 is 15.3 Å². The van der Waals surface area contributed by atoms with Gasteiger partial charge in [-0.25, -0.2) is 8.42 Å². The van der Waals surface area contributed by atoms with Crippen LogP contribution < -0.4 is 0 Å². The standard InChI is InChI=1S/C15H30O3.C10H10O4S/c1-2-3-4-5-6-7-8-9-10-11-12-14(16)13-15(17)18;1-2-8-5-3-4-6-9(8)15(13,14)7-10(11)12/h14,16H,2-13H2,1H3,(H,17,18);2-6H,1,7H2,(H,11,12). The number of aliphatic carboxylic acids is 2. The van der Waals surface area contributed by atoms with Gasteiger partial charge in [-0.2, -0.15) is 0 Å². The van der Waals surface area contributed by atoms with Gasteiger partial charge in [-0.3, -0.25) is 9.59 Å². The first kappa shape index (κ1) is 30.8. The van der Waals surface area contributed by atoms with E-state index in [0.717, 1.165) is 12.8 Å². The number of aliphatic hydroxyl groups excluding tert-OH is 1. The maximum atomic E-state index is 11.6. The summed E-state index contributed by atoms with van der Waals surface area (Å²) in [5, 5.41) is 26.3. The minimum absolute atomic E-state index is 0.00222. The number of rotatable bonds is 17. The van der Waals surface area contributed by atoms with Gasteiger partial charge in [0, 0.05) is 0 Å². The molecule has 7 nitrogen and oxygen atoms in total. The summed E-state index contributed by atoms with van der Waals surface area (Å²) >= 11 is 0. The highest BCUT2D eigenvalue weighted by Crippen LogP contribution is 2.17. The third-order valence-corrected chi connectivity index (χ3v) is 6.76. The largest absolute Gasteiger partial charge is 0.481 e. The molecule has 0 aromatic heterocycles. The SMILES string of the molecule is C=Cc1ccccc1S(=O)(=O)CC(=O)O.CCCCCCCCCCCCC(O)CC(=O)O. The van der Waals surface area contributed by atoms with Crippen molar-refractivity contribution in [1.82, 2.24) is 0 Å². The highest BCUT2D eigenvalue weighted by Gasteiger charge is 2.20. The fraction of sp³-hybridized carbons (Fsp3) is 0.600. The first-order valence-corrected chi connectivity index (χ1v) is 13.3. The Morgan fingerprint density at radius 1 is 0.909 bits per heavy atom. The lowest BCUT2D eigenvalue weighted by Crippen LogP contribution is -2.16. The van der Waals surface area contributed by atoms with E-state index in [0.29, 0.717) is 12.0 Å². The second-order valence-corrected chi connectivity index (χ2v) is 10.1. The van der Waals surface area contributed by atoms with Crippen molar-refractivity contribution < 1.29 is 33.3 Å². The highest BCUT2D eigenvalue weighted by atomic mass is 32.2. The van der Waals surface area contributed by atoms with E-state index in [-0.39, 0.29) is 11.3 Å². The van der Waals surface area contributed by atoms with Gasteiger partial charge in [-0.15, -0.1) is 0 Å². The van der Waals surface area contributed by atoms with Crippen molar-refractivity contribution in [2.45, 2.75) is 95.0 Å². The van der Waals surface area contributed by atoms with Crippen LogP contribution in [-0.2, 0) is 19.4 Å². The molecule has 0 saturated carbocycles. The first-order chi connectivity index (χ1) is 15.6. The molecule has 3 N–H and O–H groups in total. The average molecular weight is 485 g/mol. The minimum Gasteiger partial charge on any atom is -0.481 e. The summed E-state index contributed by atoms with van der Waals surface area (Å²) < 4.78 is 23.2. The molecule has 0 spiro atoms. The van der Waals surface area contributed by atoms with Gasteiger partial charge in [0.2, 0.25) is 0 Å².